The van der Waals surface area contributed by atoms with Gasteiger partial charge in [-0.2, -0.15) is 0 Å². The van der Waals surface area contributed by atoms with Crippen molar-refractivity contribution >= 4 is 16.9 Å². The number of nitrogens with zero attached hydrogens (tertiary/aromatic N) is 2. The van der Waals surface area contributed by atoms with E-state index < -0.39 is 5.91 Å². The van der Waals surface area contributed by atoms with E-state index >= 15 is 0 Å². The minimum absolute atomic E-state index is 0.365. The minimum Gasteiger partial charge on any atom is -0.327 e. The second-order valence-electron chi connectivity index (χ2n) is 6.08. The summed E-state index contributed by atoms with van der Waals surface area (Å²) in [5, 5.41) is 8.79. The Hall–Kier alpha value is -3.44. The lowest BCUT2D eigenvalue weighted by molar-refractivity contribution is 0.0706. The number of aromatic nitrogens is 2. The quantitative estimate of drug-likeness (QED) is 0.436. The fourth-order valence-corrected chi connectivity index (χ4v) is 3.11. The molecule has 0 aliphatic heterocycles. The van der Waals surface area contributed by atoms with Crippen LogP contribution in [0.15, 0.2) is 72.8 Å². The molecule has 5 heteroatoms. The highest BCUT2D eigenvalue weighted by atomic mass is 16.5. The van der Waals surface area contributed by atoms with Gasteiger partial charge in [-0.05, 0) is 29.3 Å². The predicted molar refractivity (Wildman–Crippen MR) is 101 cm³/mol. The van der Waals surface area contributed by atoms with Crippen molar-refractivity contribution in [2.45, 2.75) is 0 Å². The zero-order chi connectivity index (χ0) is 18.1. The van der Waals surface area contributed by atoms with Crippen molar-refractivity contribution in [1.29, 1.82) is 0 Å². The Labute approximate surface area is 150 Å². The number of imidazole rings is 1. The zero-order valence-electron chi connectivity index (χ0n) is 14.2. The van der Waals surface area contributed by atoms with Crippen LogP contribution in [-0.2, 0) is 7.05 Å². The molecule has 4 rings (SSSR count). The molecule has 4 aromatic rings. The van der Waals surface area contributed by atoms with Gasteiger partial charge in [-0.25, -0.2) is 10.5 Å². The summed E-state index contributed by atoms with van der Waals surface area (Å²) in [5.74, 6) is 0.271. The molecule has 0 unspecified atom stereocenters. The Bertz CT molecular complexity index is 1080. The Balaban J connectivity index is 1.74. The molecule has 1 amide bonds. The van der Waals surface area contributed by atoms with Gasteiger partial charge in [0.1, 0.15) is 5.82 Å². The summed E-state index contributed by atoms with van der Waals surface area (Å²) in [6.07, 6.45) is 0. The van der Waals surface area contributed by atoms with Crippen LogP contribution >= 0.6 is 0 Å². The fraction of sp³-hybridized carbons (Fsp3) is 0.0476. The number of hydrogen-bond acceptors (Lipinski definition) is 3. The van der Waals surface area contributed by atoms with Crippen molar-refractivity contribution in [3.05, 3.63) is 78.4 Å². The summed E-state index contributed by atoms with van der Waals surface area (Å²) < 4.78 is 1.99. The third-order valence-corrected chi connectivity index (χ3v) is 4.49. The zero-order valence-corrected chi connectivity index (χ0v) is 14.2. The molecule has 0 fully saturated rings. The lowest BCUT2D eigenvalue weighted by Crippen LogP contribution is -2.18. The third kappa shape index (κ3) is 2.74. The Morgan fingerprint density at radius 2 is 1.58 bits per heavy atom. The summed E-state index contributed by atoms with van der Waals surface area (Å²) in [4.78, 5) is 16.3. The SMILES string of the molecule is Cn1c(-c2ccc(-c3ccccc3)cc2)nc2cc(C(=O)NO)ccc21. The molecule has 1 heterocycles. The highest BCUT2D eigenvalue weighted by molar-refractivity contribution is 5.97. The maximum Gasteiger partial charge on any atom is 0.274 e. The number of amides is 1. The van der Waals surface area contributed by atoms with E-state index in [4.69, 9.17) is 5.21 Å². The predicted octanol–water partition coefficient (Wildman–Crippen LogP) is 4.03. The minimum atomic E-state index is -0.550. The number of rotatable bonds is 3. The number of aryl methyl sites for hydroxylation is 1. The number of carbonyl (C=O) groups is 1. The number of fused-ring (bicyclic) bond motifs is 1. The van der Waals surface area contributed by atoms with Crippen LogP contribution in [0.1, 0.15) is 10.4 Å². The second-order valence-corrected chi connectivity index (χ2v) is 6.08. The van der Waals surface area contributed by atoms with Gasteiger partial charge in [0.15, 0.2) is 0 Å². The summed E-state index contributed by atoms with van der Waals surface area (Å²) in [6, 6.07) is 23.6. The van der Waals surface area contributed by atoms with E-state index in [1.807, 2.05) is 48.0 Å². The van der Waals surface area contributed by atoms with Crippen LogP contribution in [0.4, 0.5) is 0 Å². The molecule has 2 N–H and O–H groups in total. The van der Waals surface area contributed by atoms with E-state index in [2.05, 4.69) is 29.2 Å². The van der Waals surface area contributed by atoms with Crippen LogP contribution in [0.25, 0.3) is 33.5 Å². The molecule has 0 saturated heterocycles. The van der Waals surface area contributed by atoms with Gasteiger partial charge < -0.3 is 4.57 Å². The van der Waals surface area contributed by atoms with Gasteiger partial charge >= 0.3 is 0 Å². The van der Waals surface area contributed by atoms with E-state index in [9.17, 15) is 4.79 Å². The summed E-state index contributed by atoms with van der Waals surface area (Å²) in [6.45, 7) is 0. The summed E-state index contributed by atoms with van der Waals surface area (Å²) >= 11 is 0. The molecule has 5 nitrogen and oxygen atoms in total. The maximum atomic E-state index is 11.6. The van der Waals surface area contributed by atoms with Crippen LogP contribution in [0.2, 0.25) is 0 Å². The fourth-order valence-electron chi connectivity index (χ4n) is 3.11. The van der Waals surface area contributed by atoms with Gasteiger partial charge in [0.05, 0.1) is 11.0 Å². The van der Waals surface area contributed by atoms with Gasteiger partial charge in [0.2, 0.25) is 0 Å². The van der Waals surface area contributed by atoms with Gasteiger partial charge in [-0.15, -0.1) is 0 Å². The van der Waals surface area contributed by atoms with Crippen molar-refractivity contribution in [3.8, 4) is 22.5 Å². The first-order valence-electron chi connectivity index (χ1n) is 8.24. The summed E-state index contributed by atoms with van der Waals surface area (Å²) in [5.41, 5.74) is 6.95. The standard InChI is InChI=1S/C21H17N3O2/c1-24-19-12-11-17(21(25)23-26)13-18(19)22-20(24)16-9-7-15(8-10-16)14-5-3-2-4-6-14/h2-13,26H,1H3,(H,23,25). The number of carbonyl (C=O) groups excluding carboxylic acids is 1. The van der Waals surface area contributed by atoms with Crippen LogP contribution in [0, 0.1) is 0 Å². The molecule has 0 aliphatic carbocycles. The van der Waals surface area contributed by atoms with Crippen molar-refractivity contribution in [2.75, 3.05) is 0 Å². The van der Waals surface area contributed by atoms with Crippen molar-refractivity contribution in [3.63, 3.8) is 0 Å². The van der Waals surface area contributed by atoms with E-state index in [1.165, 1.54) is 5.56 Å². The summed E-state index contributed by atoms with van der Waals surface area (Å²) in [7, 11) is 1.95. The molecule has 1 aromatic heterocycles. The Morgan fingerprint density at radius 3 is 2.27 bits per heavy atom. The first kappa shape index (κ1) is 16.1. The Kier molecular flexibility index (Phi) is 3.99. The van der Waals surface area contributed by atoms with Crippen LogP contribution in [0.3, 0.4) is 0 Å². The molecular weight excluding hydrogens is 326 g/mol. The van der Waals surface area contributed by atoms with Crippen molar-refractivity contribution < 1.29 is 10.0 Å². The van der Waals surface area contributed by atoms with Crippen LogP contribution < -0.4 is 5.48 Å². The average Bonchev–Trinajstić information content (AvgIpc) is 3.04. The molecule has 0 aliphatic rings. The van der Waals surface area contributed by atoms with E-state index in [1.54, 1.807) is 17.6 Å². The largest absolute Gasteiger partial charge is 0.327 e. The molecule has 0 atom stereocenters. The normalized spacial score (nSPS) is 10.8. The van der Waals surface area contributed by atoms with Gasteiger partial charge in [0.25, 0.3) is 5.91 Å². The first-order chi connectivity index (χ1) is 12.7. The van der Waals surface area contributed by atoms with Crippen molar-refractivity contribution in [2.24, 2.45) is 7.05 Å². The molecule has 0 radical (unpaired) electrons. The first-order valence-corrected chi connectivity index (χ1v) is 8.24. The van der Waals surface area contributed by atoms with E-state index in [-0.39, 0.29) is 0 Å². The van der Waals surface area contributed by atoms with Gasteiger partial charge in [0, 0.05) is 18.2 Å². The number of hydroxylamine groups is 1. The number of nitrogens with one attached hydrogen (secondary N) is 1. The molecule has 0 saturated carbocycles. The van der Waals surface area contributed by atoms with Crippen LogP contribution in [0.5, 0.6) is 0 Å². The molecule has 128 valence electrons. The van der Waals surface area contributed by atoms with Crippen molar-refractivity contribution in [1.82, 2.24) is 15.0 Å². The molecule has 0 bridgehead atoms. The Morgan fingerprint density at radius 1 is 0.923 bits per heavy atom. The van der Waals surface area contributed by atoms with E-state index in [0.717, 1.165) is 22.5 Å². The smallest absolute Gasteiger partial charge is 0.274 e. The lowest BCUT2D eigenvalue weighted by atomic mass is 10.0. The highest BCUT2D eigenvalue weighted by Gasteiger charge is 2.12. The number of benzene rings is 3. The maximum absolute atomic E-state index is 11.6. The second kappa shape index (κ2) is 6.46. The van der Waals surface area contributed by atoms with Crippen LogP contribution in [-0.4, -0.2) is 20.7 Å². The van der Waals surface area contributed by atoms with E-state index in [0.29, 0.717) is 11.1 Å². The molecule has 3 aromatic carbocycles. The van der Waals surface area contributed by atoms with Gasteiger partial charge in [-0.3, -0.25) is 10.0 Å². The topological polar surface area (TPSA) is 67.2 Å². The average molecular weight is 343 g/mol. The monoisotopic (exact) mass is 343 g/mol. The van der Waals surface area contributed by atoms with Gasteiger partial charge in [-0.1, -0.05) is 54.6 Å². The molecular formula is C21H17N3O2. The lowest BCUT2D eigenvalue weighted by Gasteiger charge is -2.05. The third-order valence-electron chi connectivity index (χ3n) is 4.49. The number of hydrogen-bond donors (Lipinski definition) is 2. The highest BCUT2D eigenvalue weighted by Crippen LogP contribution is 2.27. The molecule has 26 heavy (non-hydrogen) atoms. The molecule has 0 spiro atoms.